The summed E-state index contributed by atoms with van der Waals surface area (Å²) in [5, 5.41) is 10.4. The maximum atomic E-state index is 12.9. The van der Waals surface area contributed by atoms with Crippen LogP contribution in [-0.4, -0.2) is 32.8 Å². The standard InChI is InChI=1S/C15H18ClF3N4OS/c1-2-3-4-5-6-20-12(24)9-25-14-22-21-13-11(16)7-10(8-23(13)14)15(17,18)19/h7-8H,2-6,9H2,1H3,(H,20,24). The number of thioether (sulfide) groups is 1. The molecule has 0 saturated carbocycles. The summed E-state index contributed by atoms with van der Waals surface area (Å²) in [5.74, 6) is -0.154. The first-order valence-corrected chi connectivity index (χ1v) is 9.20. The molecule has 5 nitrogen and oxygen atoms in total. The van der Waals surface area contributed by atoms with E-state index < -0.39 is 11.7 Å². The largest absolute Gasteiger partial charge is 0.417 e. The Hall–Kier alpha value is -1.48. The first kappa shape index (κ1) is 19.8. The van der Waals surface area contributed by atoms with Gasteiger partial charge in [-0.3, -0.25) is 9.20 Å². The summed E-state index contributed by atoms with van der Waals surface area (Å²) in [7, 11) is 0. The Morgan fingerprint density at radius 3 is 2.76 bits per heavy atom. The average Bonchev–Trinajstić information content (AvgIpc) is 2.95. The van der Waals surface area contributed by atoms with Crippen molar-refractivity contribution in [2.75, 3.05) is 12.3 Å². The van der Waals surface area contributed by atoms with Crippen LogP contribution in [0.25, 0.3) is 5.65 Å². The van der Waals surface area contributed by atoms with Crippen molar-refractivity contribution < 1.29 is 18.0 Å². The van der Waals surface area contributed by atoms with Gasteiger partial charge in [0.05, 0.1) is 16.3 Å². The number of aromatic nitrogens is 3. The van der Waals surface area contributed by atoms with Crippen LogP contribution in [-0.2, 0) is 11.0 Å². The van der Waals surface area contributed by atoms with Crippen molar-refractivity contribution in [3.8, 4) is 0 Å². The fourth-order valence-electron chi connectivity index (χ4n) is 2.15. The minimum atomic E-state index is -4.53. The number of nitrogens with zero attached hydrogens (tertiary/aromatic N) is 3. The summed E-state index contributed by atoms with van der Waals surface area (Å²) in [4.78, 5) is 11.8. The zero-order valence-corrected chi connectivity index (χ0v) is 15.1. The Balaban J connectivity index is 1.99. The van der Waals surface area contributed by atoms with Crippen molar-refractivity contribution in [3.05, 3.63) is 22.8 Å². The number of hydrogen-bond acceptors (Lipinski definition) is 4. The first-order valence-electron chi connectivity index (χ1n) is 7.84. The number of carbonyl (C=O) groups is 1. The second-order valence-corrected chi connectivity index (χ2v) is 6.80. The normalized spacial score (nSPS) is 11.9. The third-order valence-electron chi connectivity index (χ3n) is 3.44. The SMILES string of the molecule is CCCCCCNC(=O)CSc1nnc2c(Cl)cc(C(F)(F)F)cn12. The van der Waals surface area contributed by atoms with E-state index in [1.807, 2.05) is 0 Å². The van der Waals surface area contributed by atoms with Gasteiger partial charge in [-0.05, 0) is 12.5 Å². The van der Waals surface area contributed by atoms with Gasteiger partial charge in [-0.25, -0.2) is 0 Å². The van der Waals surface area contributed by atoms with E-state index in [0.717, 1.165) is 54.1 Å². The van der Waals surface area contributed by atoms with Crippen molar-refractivity contribution in [2.24, 2.45) is 0 Å². The number of pyridine rings is 1. The molecule has 25 heavy (non-hydrogen) atoms. The molecule has 0 fully saturated rings. The molecule has 0 unspecified atom stereocenters. The molecule has 10 heteroatoms. The van der Waals surface area contributed by atoms with Gasteiger partial charge in [0.25, 0.3) is 0 Å². The topological polar surface area (TPSA) is 59.3 Å². The van der Waals surface area contributed by atoms with Crippen molar-refractivity contribution >= 4 is 34.9 Å². The molecular formula is C15H18ClF3N4OS. The predicted octanol–water partition coefficient (Wildman–Crippen LogP) is 4.19. The fraction of sp³-hybridized carbons (Fsp3) is 0.533. The van der Waals surface area contributed by atoms with Crippen molar-refractivity contribution in [3.63, 3.8) is 0 Å². The highest BCUT2D eigenvalue weighted by Crippen LogP contribution is 2.33. The molecular weight excluding hydrogens is 377 g/mol. The molecule has 0 aliphatic heterocycles. The maximum Gasteiger partial charge on any atom is 0.417 e. The number of rotatable bonds is 8. The summed E-state index contributed by atoms with van der Waals surface area (Å²) in [6.07, 6.45) is 0.553. The molecule has 0 spiro atoms. The highest BCUT2D eigenvalue weighted by molar-refractivity contribution is 7.99. The third-order valence-corrected chi connectivity index (χ3v) is 4.66. The van der Waals surface area contributed by atoms with Crippen molar-refractivity contribution in [2.45, 2.75) is 43.9 Å². The van der Waals surface area contributed by atoms with Crippen LogP contribution in [0.4, 0.5) is 13.2 Å². The second-order valence-electron chi connectivity index (χ2n) is 5.45. The monoisotopic (exact) mass is 394 g/mol. The molecule has 0 aromatic carbocycles. The van der Waals surface area contributed by atoms with E-state index >= 15 is 0 Å². The zero-order valence-electron chi connectivity index (χ0n) is 13.6. The molecule has 0 saturated heterocycles. The molecule has 1 N–H and O–H groups in total. The van der Waals surface area contributed by atoms with E-state index in [4.69, 9.17) is 11.6 Å². The summed E-state index contributed by atoms with van der Waals surface area (Å²) in [6, 6.07) is 0.809. The van der Waals surface area contributed by atoms with Crippen molar-refractivity contribution in [1.82, 2.24) is 19.9 Å². The summed E-state index contributed by atoms with van der Waals surface area (Å²) in [6.45, 7) is 2.69. The highest BCUT2D eigenvalue weighted by Gasteiger charge is 2.32. The van der Waals surface area contributed by atoms with Crippen LogP contribution < -0.4 is 5.32 Å². The van der Waals surface area contributed by atoms with Gasteiger partial charge in [-0.15, -0.1) is 10.2 Å². The van der Waals surface area contributed by atoms with Gasteiger partial charge < -0.3 is 5.32 Å². The first-order chi connectivity index (χ1) is 11.8. The number of halogens is 4. The van der Waals surface area contributed by atoms with Gasteiger partial charge in [-0.2, -0.15) is 13.2 Å². The van der Waals surface area contributed by atoms with E-state index in [9.17, 15) is 18.0 Å². The van der Waals surface area contributed by atoms with Gasteiger partial charge in [0.15, 0.2) is 10.8 Å². The molecule has 0 radical (unpaired) electrons. The molecule has 2 aromatic rings. The van der Waals surface area contributed by atoms with Gasteiger partial charge >= 0.3 is 6.18 Å². The predicted molar refractivity (Wildman–Crippen MR) is 90.9 cm³/mol. The lowest BCUT2D eigenvalue weighted by Crippen LogP contribution is -2.26. The Morgan fingerprint density at radius 1 is 1.32 bits per heavy atom. The van der Waals surface area contributed by atoms with Crippen LogP contribution in [0.5, 0.6) is 0 Å². The Bertz CT molecular complexity index is 735. The van der Waals surface area contributed by atoms with Gasteiger partial charge in [0, 0.05) is 12.7 Å². The number of nitrogens with one attached hydrogen (secondary N) is 1. The lowest BCUT2D eigenvalue weighted by atomic mass is 10.2. The molecule has 0 bridgehead atoms. The lowest BCUT2D eigenvalue weighted by Gasteiger charge is -2.08. The summed E-state index contributed by atoms with van der Waals surface area (Å²) >= 11 is 6.85. The number of unbranched alkanes of at least 4 members (excludes halogenated alkanes) is 3. The zero-order chi connectivity index (χ0) is 18.4. The van der Waals surface area contributed by atoms with Gasteiger partial charge in [0.1, 0.15) is 0 Å². The molecule has 2 rings (SSSR count). The highest BCUT2D eigenvalue weighted by atomic mass is 35.5. The molecule has 138 valence electrons. The molecule has 0 aliphatic rings. The van der Waals surface area contributed by atoms with E-state index in [1.165, 1.54) is 0 Å². The lowest BCUT2D eigenvalue weighted by molar-refractivity contribution is -0.137. The number of fused-ring (bicyclic) bond motifs is 1. The fourth-order valence-corrected chi connectivity index (χ4v) is 3.13. The third kappa shape index (κ3) is 5.50. The van der Waals surface area contributed by atoms with E-state index in [2.05, 4.69) is 22.4 Å². The van der Waals surface area contributed by atoms with Crippen molar-refractivity contribution in [1.29, 1.82) is 0 Å². The Labute approximate surface area is 152 Å². The maximum absolute atomic E-state index is 12.9. The van der Waals surface area contributed by atoms with Crippen LogP contribution >= 0.6 is 23.4 Å². The average molecular weight is 395 g/mol. The molecule has 1 amide bonds. The second kappa shape index (κ2) is 8.75. The number of amides is 1. The summed E-state index contributed by atoms with van der Waals surface area (Å²) < 4.78 is 39.8. The number of carbonyl (C=O) groups excluding carboxylic acids is 1. The van der Waals surface area contributed by atoms with Crippen LogP contribution in [0.2, 0.25) is 5.02 Å². The quantitative estimate of drug-likeness (QED) is 0.538. The Kier molecular flexibility index (Phi) is 6.95. The van der Waals surface area contributed by atoms with Gasteiger partial charge in [0.2, 0.25) is 5.91 Å². The molecule has 2 heterocycles. The van der Waals surface area contributed by atoms with Crippen LogP contribution in [0.15, 0.2) is 17.4 Å². The smallest absolute Gasteiger partial charge is 0.355 e. The van der Waals surface area contributed by atoms with Crippen LogP contribution in [0, 0.1) is 0 Å². The van der Waals surface area contributed by atoms with E-state index in [-0.39, 0.29) is 27.5 Å². The number of hydrogen-bond donors (Lipinski definition) is 1. The van der Waals surface area contributed by atoms with Crippen LogP contribution in [0.1, 0.15) is 38.2 Å². The minimum Gasteiger partial charge on any atom is -0.355 e. The van der Waals surface area contributed by atoms with Crippen LogP contribution in [0.3, 0.4) is 0 Å². The molecule has 0 atom stereocenters. The van der Waals surface area contributed by atoms with E-state index in [0.29, 0.717) is 6.54 Å². The number of alkyl halides is 3. The molecule has 2 aromatic heterocycles. The Morgan fingerprint density at radius 2 is 2.08 bits per heavy atom. The summed E-state index contributed by atoms with van der Waals surface area (Å²) in [5.41, 5.74) is -0.774. The van der Waals surface area contributed by atoms with E-state index in [1.54, 1.807) is 0 Å². The molecule has 0 aliphatic carbocycles. The van der Waals surface area contributed by atoms with Gasteiger partial charge in [-0.1, -0.05) is 49.5 Å². The minimum absolute atomic E-state index is 0.0441.